The van der Waals surface area contributed by atoms with E-state index in [9.17, 15) is 0 Å². The molecule has 1 heterocycles. The smallest absolute Gasteiger partial charge is 0.193 e. The Morgan fingerprint density at radius 2 is 2.20 bits per heavy atom. The molecule has 110 valence electrons. The molecular weight excluding hydrogens is 429 g/mol. The zero-order valence-corrected chi connectivity index (χ0v) is 15.6. The molecule has 3 nitrogen and oxygen atoms in total. The molecule has 3 rings (SSSR count). The van der Waals surface area contributed by atoms with E-state index in [1.165, 1.54) is 29.3 Å². The van der Waals surface area contributed by atoms with Gasteiger partial charge in [-0.2, -0.15) is 0 Å². The van der Waals surface area contributed by atoms with Gasteiger partial charge in [0, 0.05) is 30.0 Å². The Balaban J connectivity index is 0.00000147. The van der Waals surface area contributed by atoms with Crippen LogP contribution in [0.15, 0.2) is 33.7 Å². The number of aliphatic imine (C=N–C) groups is 1. The number of hydrogen-bond acceptors (Lipinski definition) is 3. The third-order valence-electron chi connectivity index (χ3n) is 4.39. The Kier molecular flexibility index (Phi) is 5.34. The largest absolute Gasteiger partial charge is 0.355 e. The van der Waals surface area contributed by atoms with Gasteiger partial charge in [0.05, 0.1) is 6.54 Å². The summed E-state index contributed by atoms with van der Waals surface area (Å²) in [5.41, 5.74) is 1.75. The molecule has 0 radical (unpaired) electrons. The van der Waals surface area contributed by atoms with Crippen LogP contribution in [0.2, 0.25) is 0 Å². The SMILES string of the molecule is CN1CCN=C1NCC1(c2cccc(Br)c2)CCC1.I. The lowest BCUT2D eigenvalue weighted by Gasteiger charge is -2.43. The molecule has 0 spiro atoms. The predicted molar refractivity (Wildman–Crippen MR) is 98.0 cm³/mol. The normalized spacial score (nSPS) is 19.9. The van der Waals surface area contributed by atoms with Crippen molar-refractivity contribution in [3.63, 3.8) is 0 Å². The maximum Gasteiger partial charge on any atom is 0.193 e. The minimum Gasteiger partial charge on any atom is -0.355 e. The highest BCUT2D eigenvalue weighted by Gasteiger charge is 2.39. The van der Waals surface area contributed by atoms with Crippen LogP contribution in [0.1, 0.15) is 24.8 Å². The average Bonchev–Trinajstić information content (AvgIpc) is 2.74. The Labute approximate surface area is 146 Å². The summed E-state index contributed by atoms with van der Waals surface area (Å²) in [5, 5.41) is 3.55. The molecule has 2 aliphatic rings. The van der Waals surface area contributed by atoms with Gasteiger partial charge in [-0.05, 0) is 30.5 Å². The van der Waals surface area contributed by atoms with E-state index in [1.54, 1.807) is 0 Å². The first-order valence-electron chi connectivity index (χ1n) is 6.95. The molecule has 0 bridgehead atoms. The lowest BCUT2D eigenvalue weighted by molar-refractivity contribution is 0.242. The van der Waals surface area contributed by atoms with Gasteiger partial charge in [-0.1, -0.05) is 34.5 Å². The van der Waals surface area contributed by atoms with Crippen LogP contribution in [0.25, 0.3) is 0 Å². The van der Waals surface area contributed by atoms with Crippen LogP contribution in [0.5, 0.6) is 0 Å². The van der Waals surface area contributed by atoms with Crippen molar-refractivity contribution in [1.82, 2.24) is 10.2 Å². The first-order chi connectivity index (χ1) is 9.20. The summed E-state index contributed by atoms with van der Waals surface area (Å²) in [6.45, 7) is 2.95. The summed E-state index contributed by atoms with van der Waals surface area (Å²) in [6.07, 6.45) is 3.87. The highest BCUT2D eigenvalue weighted by molar-refractivity contribution is 14.0. The molecule has 1 N–H and O–H groups in total. The minimum absolute atomic E-state index is 0. The summed E-state index contributed by atoms with van der Waals surface area (Å²) in [6, 6.07) is 8.75. The minimum atomic E-state index is 0. The van der Waals surface area contributed by atoms with Crippen molar-refractivity contribution in [1.29, 1.82) is 0 Å². The molecule has 1 aliphatic heterocycles. The number of halogens is 2. The van der Waals surface area contributed by atoms with Crippen molar-refractivity contribution in [3.8, 4) is 0 Å². The number of hydrogen-bond donors (Lipinski definition) is 1. The number of rotatable bonds is 3. The second kappa shape index (κ2) is 6.64. The van der Waals surface area contributed by atoms with Gasteiger partial charge in [0.25, 0.3) is 0 Å². The molecule has 0 saturated heterocycles. The van der Waals surface area contributed by atoms with E-state index in [0.717, 1.165) is 25.6 Å². The lowest BCUT2D eigenvalue weighted by Crippen LogP contribution is -2.48. The molecule has 0 aromatic heterocycles. The Hall–Kier alpha value is -0.300. The number of nitrogens with zero attached hydrogens (tertiary/aromatic N) is 2. The third kappa shape index (κ3) is 3.13. The fourth-order valence-corrected chi connectivity index (χ4v) is 3.36. The van der Waals surface area contributed by atoms with Crippen LogP contribution in [0, 0.1) is 0 Å². The van der Waals surface area contributed by atoms with Crippen LogP contribution >= 0.6 is 39.9 Å². The molecule has 1 saturated carbocycles. The van der Waals surface area contributed by atoms with Gasteiger partial charge in [-0.25, -0.2) is 0 Å². The lowest BCUT2D eigenvalue weighted by atomic mass is 9.64. The molecule has 0 amide bonds. The summed E-state index contributed by atoms with van der Waals surface area (Å²) in [7, 11) is 2.10. The van der Waals surface area contributed by atoms with Crippen molar-refractivity contribution in [3.05, 3.63) is 34.3 Å². The van der Waals surface area contributed by atoms with E-state index in [4.69, 9.17) is 0 Å². The van der Waals surface area contributed by atoms with Gasteiger partial charge < -0.3 is 10.2 Å². The molecule has 5 heteroatoms. The summed E-state index contributed by atoms with van der Waals surface area (Å²) in [4.78, 5) is 6.71. The maximum absolute atomic E-state index is 4.51. The van der Waals surface area contributed by atoms with Crippen molar-refractivity contribution in [2.75, 3.05) is 26.7 Å². The number of nitrogens with one attached hydrogen (secondary N) is 1. The topological polar surface area (TPSA) is 27.6 Å². The molecule has 20 heavy (non-hydrogen) atoms. The quantitative estimate of drug-likeness (QED) is 0.716. The monoisotopic (exact) mass is 449 g/mol. The second-order valence-electron chi connectivity index (χ2n) is 5.62. The fourth-order valence-electron chi connectivity index (χ4n) is 2.96. The Bertz CT molecular complexity index is 500. The summed E-state index contributed by atoms with van der Waals surface area (Å²) >= 11 is 3.58. The van der Waals surface area contributed by atoms with Crippen LogP contribution in [-0.4, -0.2) is 37.5 Å². The maximum atomic E-state index is 4.51. The first-order valence-corrected chi connectivity index (χ1v) is 7.74. The molecule has 0 unspecified atom stereocenters. The zero-order chi connectivity index (χ0) is 13.3. The van der Waals surface area contributed by atoms with Crippen molar-refractivity contribution in [2.24, 2.45) is 4.99 Å². The molecular formula is C15H21BrIN3. The molecule has 1 aliphatic carbocycles. The van der Waals surface area contributed by atoms with Crippen LogP contribution < -0.4 is 5.32 Å². The summed E-state index contributed by atoms with van der Waals surface area (Å²) in [5.74, 6) is 1.06. The number of benzene rings is 1. The van der Waals surface area contributed by atoms with Gasteiger partial charge in [0.2, 0.25) is 0 Å². The zero-order valence-electron chi connectivity index (χ0n) is 11.7. The van der Waals surface area contributed by atoms with Gasteiger partial charge in [-0.3, -0.25) is 4.99 Å². The van der Waals surface area contributed by atoms with E-state index in [-0.39, 0.29) is 24.0 Å². The Morgan fingerprint density at radius 1 is 1.40 bits per heavy atom. The van der Waals surface area contributed by atoms with E-state index in [2.05, 4.69) is 62.5 Å². The van der Waals surface area contributed by atoms with Gasteiger partial charge in [0.1, 0.15) is 0 Å². The molecule has 1 aromatic carbocycles. The fraction of sp³-hybridized carbons (Fsp3) is 0.533. The van der Waals surface area contributed by atoms with E-state index >= 15 is 0 Å². The number of guanidine groups is 1. The predicted octanol–water partition coefficient (Wildman–Crippen LogP) is 3.38. The standard InChI is InChI=1S/C15H20BrN3.HI/c1-19-9-8-17-14(19)18-11-15(6-3-7-15)12-4-2-5-13(16)10-12;/h2,4-5,10H,3,6-9,11H2,1H3,(H,17,18);1H. The van der Waals surface area contributed by atoms with E-state index < -0.39 is 0 Å². The highest BCUT2D eigenvalue weighted by atomic mass is 127. The Morgan fingerprint density at radius 3 is 2.75 bits per heavy atom. The van der Waals surface area contributed by atoms with Gasteiger partial charge in [-0.15, -0.1) is 24.0 Å². The first kappa shape index (κ1) is 16.1. The van der Waals surface area contributed by atoms with Crippen LogP contribution in [-0.2, 0) is 5.41 Å². The average molecular weight is 450 g/mol. The van der Waals surface area contributed by atoms with Gasteiger partial charge in [0.15, 0.2) is 5.96 Å². The summed E-state index contributed by atoms with van der Waals surface area (Å²) < 4.78 is 1.17. The van der Waals surface area contributed by atoms with Crippen molar-refractivity contribution >= 4 is 45.9 Å². The molecule has 1 fully saturated rings. The third-order valence-corrected chi connectivity index (χ3v) is 4.88. The molecule has 1 aromatic rings. The van der Waals surface area contributed by atoms with E-state index in [1.807, 2.05) is 0 Å². The second-order valence-corrected chi connectivity index (χ2v) is 6.54. The van der Waals surface area contributed by atoms with Gasteiger partial charge >= 0.3 is 0 Å². The number of likely N-dealkylation sites (N-methyl/N-ethyl adjacent to an activating group) is 1. The molecule has 0 atom stereocenters. The highest BCUT2D eigenvalue weighted by Crippen LogP contribution is 2.43. The van der Waals surface area contributed by atoms with E-state index in [0.29, 0.717) is 5.41 Å². The van der Waals surface area contributed by atoms with Crippen LogP contribution in [0.3, 0.4) is 0 Å². The van der Waals surface area contributed by atoms with Crippen LogP contribution in [0.4, 0.5) is 0 Å². The van der Waals surface area contributed by atoms with Crippen molar-refractivity contribution < 1.29 is 0 Å². The van der Waals surface area contributed by atoms with Crippen molar-refractivity contribution in [2.45, 2.75) is 24.7 Å².